The van der Waals surface area contributed by atoms with Gasteiger partial charge < -0.3 is 10.1 Å². The Hall–Kier alpha value is -2.09. The summed E-state index contributed by atoms with van der Waals surface area (Å²) in [4.78, 5) is 12.2. The van der Waals surface area contributed by atoms with Gasteiger partial charge >= 0.3 is 0 Å². The van der Waals surface area contributed by atoms with Gasteiger partial charge in [-0.25, -0.2) is 4.39 Å². The third-order valence-corrected chi connectivity index (χ3v) is 3.20. The Kier molecular flexibility index (Phi) is 4.87. The molecule has 5 heteroatoms. The quantitative estimate of drug-likeness (QED) is 0.889. The number of carbonyl (C=O) groups is 1. The average Bonchev–Trinajstić information content (AvgIpc) is 2.44. The molecule has 102 valence electrons. The second-order valence-electron chi connectivity index (χ2n) is 4.17. The summed E-state index contributed by atoms with van der Waals surface area (Å²) in [5.74, 6) is -1.16. The van der Waals surface area contributed by atoms with E-state index in [9.17, 15) is 14.4 Å². The van der Waals surface area contributed by atoms with Crippen molar-refractivity contribution in [1.82, 2.24) is 5.32 Å². The molecule has 1 amide bonds. The standard InChI is InChI=1S/C14H17FN2O2/c1-4-14(5-2,9-16)17-13(18)12-10(15)7-6-8-11(12)19-3/h6-8H,4-5H2,1-3H3,(H,17,18). The number of nitriles is 1. The van der Waals surface area contributed by atoms with Crippen molar-refractivity contribution in [3.05, 3.63) is 29.6 Å². The van der Waals surface area contributed by atoms with Crippen LogP contribution in [0.3, 0.4) is 0 Å². The first-order valence-electron chi connectivity index (χ1n) is 6.09. The Balaban J connectivity index is 3.12. The number of methoxy groups -OCH3 is 1. The highest BCUT2D eigenvalue weighted by Gasteiger charge is 2.30. The van der Waals surface area contributed by atoms with Gasteiger partial charge in [-0.1, -0.05) is 19.9 Å². The van der Waals surface area contributed by atoms with Crippen molar-refractivity contribution < 1.29 is 13.9 Å². The Morgan fingerprint density at radius 2 is 2.11 bits per heavy atom. The summed E-state index contributed by atoms with van der Waals surface area (Å²) in [5, 5.41) is 11.8. The molecule has 0 fully saturated rings. The lowest BCUT2D eigenvalue weighted by Gasteiger charge is -2.25. The van der Waals surface area contributed by atoms with Crippen molar-refractivity contribution in [3.63, 3.8) is 0 Å². The van der Waals surface area contributed by atoms with Crippen LogP contribution in [-0.4, -0.2) is 18.6 Å². The summed E-state index contributed by atoms with van der Waals surface area (Å²) in [6.07, 6.45) is 0.894. The molecule has 0 aliphatic heterocycles. The molecule has 0 unspecified atom stereocenters. The van der Waals surface area contributed by atoms with Gasteiger partial charge in [0.05, 0.1) is 13.2 Å². The van der Waals surface area contributed by atoms with E-state index in [4.69, 9.17) is 4.74 Å². The van der Waals surface area contributed by atoms with E-state index in [1.807, 2.05) is 0 Å². The van der Waals surface area contributed by atoms with E-state index in [2.05, 4.69) is 11.4 Å². The van der Waals surface area contributed by atoms with Gasteiger partial charge in [0.1, 0.15) is 22.7 Å². The molecule has 0 bridgehead atoms. The van der Waals surface area contributed by atoms with Crippen LogP contribution >= 0.6 is 0 Å². The number of hydrogen-bond acceptors (Lipinski definition) is 3. The zero-order valence-electron chi connectivity index (χ0n) is 11.3. The first kappa shape index (κ1) is 15.0. The number of carbonyl (C=O) groups excluding carboxylic acids is 1. The summed E-state index contributed by atoms with van der Waals surface area (Å²) >= 11 is 0. The van der Waals surface area contributed by atoms with E-state index < -0.39 is 17.3 Å². The van der Waals surface area contributed by atoms with Crippen LogP contribution in [0.4, 0.5) is 4.39 Å². The van der Waals surface area contributed by atoms with Gasteiger partial charge in [0, 0.05) is 0 Å². The zero-order valence-corrected chi connectivity index (χ0v) is 11.3. The topological polar surface area (TPSA) is 62.1 Å². The maximum Gasteiger partial charge on any atom is 0.259 e. The summed E-state index contributed by atoms with van der Waals surface area (Å²) < 4.78 is 18.7. The molecule has 4 nitrogen and oxygen atoms in total. The SMILES string of the molecule is CCC(C#N)(CC)NC(=O)c1c(F)cccc1OC. The van der Waals surface area contributed by atoms with E-state index in [1.54, 1.807) is 13.8 Å². The van der Waals surface area contributed by atoms with Gasteiger partial charge in [0.2, 0.25) is 0 Å². The fourth-order valence-electron chi connectivity index (χ4n) is 1.79. The molecular weight excluding hydrogens is 247 g/mol. The van der Waals surface area contributed by atoms with Gasteiger partial charge in [0.25, 0.3) is 5.91 Å². The van der Waals surface area contributed by atoms with E-state index >= 15 is 0 Å². The van der Waals surface area contributed by atoms with Crippen molar-refractivity contribution in [2.75, 3.05) is 7.11 Å². The number of ether oxygens (including phenoxy) is 1. The lowest BCUT2D eigenvalue weighted by atomic mass is 9.94. The molecule has 1 aromatic rings. The third-order valence-electron chi connectivity index (χ3n) is 3.20. The summed E-state index contributed by atoms with van der Waals surface area (Å²) in [5.41, 5.74) is -1.16. The number of nitrogens with one attached hydrogen (secondary N) is 1. The van der Waals surface area contributed by atoms with Crippen molar-refractivity contribution in [2.24, 2.45) is 0 Å². The number of halogens is 1. The zero-order chi connectivity index (χ0) is 14.5. The van der Waals surface area contributed by atoms with E-state index in [0.717, 1.165) is 0 Å². The van der Waals surface area contributed by atoms with Gasteiger partial charge in [0.15, 0.2) is 0 Å². The fourth-order valence-corrected chi connectivity index (χ4v) is 1.79. The van der Waals surface area contributed by atoms with Crippen molar-refractivity contribution in [1.29, 1.82) is 5.26 Å². The Bertz CT molecular complexity index is 505. The van der Waals surface area contributed by atoms with Crippen molar-refractivity contribution >= 4 is 5.91 Å². The molecule has 0 atom stereocenters. The van der Waals surface area contributed by atoms with Crippen LogP contribution in [0.25, 0.3) is 0 Å². The van der Waals surface area contributed by atoms with Crippen LogP contribution in [0.5, 0.6) is 5.75 Å². The molecule has 0 aliphatic rings. The van der Waals surface area contributed by atoms with Crippen LogP contribution in [0.15, 0.2) is 18.2 Å². The Morgan fingerprint density at radius 1 is 1.47 bits per heavy atom. The number of nitrogens with zero attached hydrogens (tertiary/aromatic N) is 1. The van der Waals surface area contributed by atoms with Crippen LogP contribution in [0.2, 0.25) is 0 Å². The molecular formula is C14H17FN2O2. The number of hydrogen-bond donors (Lipinski definition) is 1. The van der Waals surface area contributed by atoms with Crippen LogP contribution in [0.1, 0.15) is 37.0 Å². The molecule has 0 spiro atoms. The molecule has 1 rings (SSSR count). The van der Waals surface area contributed by atoms with Gasteiger partial charge in [-0.3, -0.25) is 4.79 Å². The molecule has 0 heterocycles. The predicted molar refractivity (Wildman–Crippen MR) is 69.3 cm³/mol. The highest BCUT2D eigenvalue weighted by molar-refractivity contribution is 5.97. The molecule has 0 aliphatic carbocycles. The molecule has 0 radical (unpaired) electrons. The van der Waals surface area contributed by atoms with Crippen LogP contribution in [0, 0.1) is 17.1 Å². The number of amides is 1. The first-order valence-corrected chi connectivity index (χ1v) is 6.09. The Morgan fingerprint density at radius 3 is 2.58 bits per heavy atom. The van der Waals surface area contributed by atoms with Gasteiger partial charge in [-0.05, 0) is 25.0 Å². The molecule has 1 N–H and O–H groups in total. The average molecular weight is 264 g/mol. The lowest BCUT2D eigenvalue weighted by Crippen LogP contribution is -2.46. The minimum absolute atomic E-state index is 0.150. The monoisotopic (exact) mass is 264 g/mol. The van der Waals surface area contributed by atoms with Crippen LogP contribution < -0.4 is 10.1 Å². The lowest BCUT2D eigenvalue weighted by molar-refractivity contribution is 0.0908. The highest BCUT2D eigenvalue weighted by Crippen LogP contribution is 2.23. The smallest absolute Gasteiger partial charge is 0.259 e. The Labute approximate surface area is 112 Å². The minimum Gasteiger partial charge on any atom is -0.496 e. The second-order valence-corrected chi connectivity index (χ2v) is 4.17. The molecule has 1 aromatic carbocycles. The first-order chi connectivity index (χ1) is 9.03. The minimum atomic E-state index is -0.982. The van der Waals surface area contributed by atoms with Gasteiger partial charge in [-0.2, -0.15) is 5.26 Å². The van der Waals surface area contributed by atoms with E-state index in [-0.39, 0.29) is 11.3 Å². The molecule has 19 heavy (non-hydrogen) atoms. The maximum absolute atomic E-state index is 13.8. The predicted octanol–water partition coefficient (Wildman–Crippen LogP) is 2.65. The number of rotatable bonds is 5. The van der Waals surface area contributed by atoms with Crippen molar-refractivity contribution in [2.45, 2.75) is 32.2 Å². The van der Waals surface area contributed by atoms with E-state index in [1.165, 1.54) is 25.3 Å². The summed E-state index contributed by atoms with van der Waals surface area (Å²) in [6.45, 7) is 3.59. The van der Waals surface area contributed by atoms with Gasteiger partial charge in [-0.15, -0.1) is 0 Å². The fraction of sp³-hybridized carbons (Fsp3) is 0.429. The molecule has 0 saturated heterocycles. The number of benzene rings is 1. The maximum atomic E-state index is 13.8. The summed E-state index contributed by atoms with van der Waals surface area (Å²) in [7, 11) is 1.36. The third kappa shape index (κ3) is 3.02. The molecule has 0 saturated carbocycles. The highest BCUT2D eigenvalue weighted by atomic mass is 19.1. The molecule has 0 aromatic heterocycles. The van der Waals surface area contributed by atoms with E-state index in [0.29, 0.717) is 12.8 Å². The van der Waals surface area contributed by atoms with Crippen LogP contribution in [-0.2, 0) is 0 Å². The summed E-state index contributed by atoms with van der Waals surface area (Å²) in [6, 6.07) is 6.23. The largest absolute Gasteiger partial charge is 0.496 e. The second kappa shape index (κ2) is 6.19. The van der Waals surface area contributed by atoms with Crippen molar-refractivity contribution in [3.8, 4) is 11.8 Å². The normalized spacial score (nSPS) is 10.7.